The molecule has 1 aliphatic rings. The molecule has 1 aliphatic carbocycles. The number of halogens is 1. The fourth-order valence-corrected chi connectivity index (χ4v) is 2.54. The van der Waals surface area contributed by atoms with Crippen LogP contribution in [0.5, 0.6) is 0 Å². The summed E-state index contributed by atoms with van der Waals surface area (Å²) in [6.07, 6.45) is 1.10. The second-order valence-electron chi connectivity index (χ2n) is 3.71. The van der Waals surface area contributed by atoms with Crippen molar-refractivity contribution in [1.29, 1.82) is 0 Å². The number of fused-ring (bicyclic) bond motifs is 1. The van der Waals surface area contributed by atoms with Crippen molar-refractivity contribution in [2.75, 3.05) is 0 Å². The molecule has 14 heavy (non-hydrogen) atoms. The number of aliphatic hydroxyl groups excluding tert-OH is 1. The van der Waals surface area contributed by atoms with Crippen LogP contribution in [0, 0.1) is 13.8 Å². The van der Waals surface area contributed by atoms with Gasteiger partial charge in [-0.05, 0) is 36.1 Å². The summed E-state index contributed by atoms with van der Waals surface area (Å²) in [6, 6.07) is 0. The van der Waals surface area contributed by atoms with Crippen molar-refractivity contribution < 1.29 is 9.90 Å². The SMILES string of the molecule is Cc1c(Br)c(C)c2c(c1C=O)CC2O. The quantitative estimate of drug-likeness (QED) is 0.782. The van der Waals surface area contributed by atoms with Gasteiger partial charge in [0, 0.05) is 16.5 Å². The highest BCUT2D eigenvalue weighted by Gasteiger charge is 2.31. The predicted octanol–water partition coefficient (Wildman–Crippen LogP) is 2.47. The first-order chi connectivity index (χ1) is 6.57. The predicted molar refractivity (Wildman–Crippen MR) is 57.7 cm³/mol. The maximum atomic E-state index is 10.9. The van der Waals surface area contributed by atoms with Gasteiger partial charge in [-0.3, -0.25) is 4.79 Å². The van der Waals surface area contributed by atoms with Gasteiger partial charge in [-0.15, -0.1) is 0 Å². The van der Waals surface area contributed by atoms with E-state index in [0.29, 0.717) is 6.42 Å². The molecule has 0 saturated carbocycles. The average Bonchev–Trinajstić information content (AvgIpc) is 2.14. The van der Waals surface area contributed by atoms with E-state index in [1.807, 2.05) is 13.8 Å². The summed E-state index contributed by atoms with van der Waals surface area (Å²) in [5, 5.41) is 9.58. The molecule has 1 aromatic carbocycles. The molecule has 0 radical (unpaired) electrons. The minimum Gasteiger partial charge on any atom is -0.388 e. The monoisotopic (exact) mass is 254 g/mol. The van der Waals surface area contributed by atoms with Crippen molar-refractivity contribution in [2.24, 2.45) is 0 Å². The molecule has 0 aromatic heterocycles. The van der Waals surface area contributed by atoms with Crippen molar-refractivity contribution in [3.8, 4) is 0 Å². The van der Waals surface area contributed by atoms with Crippen molar-refractivity contribution in [3.63, 3.8) is 0 Å². The maximum Gasteiger partial charge on any atom is 0.150 e. The van der Waals surface area contributed by atoms with Crippen LogP contribution in [0.2, 0.25) is 0 Å². The van der Waals surface area contributed by atoms with Crippen LogP contribution in [0.25, 0.3) is 0 Å². The van der Waals surface area contributed by atoms with Crippen LogP contribution in [-0.2, 0) is 6.42 Å². The lowest BCUT2D eigenvalue weighted by Crippen LogP contribution is -2.22. The molecular weight excluding hydrogens is 244 g/mol. The lowest BCUT2D eigenvalue weighted by molar-refractivity contribution is 0.111. The molecule has 0 bridgehead atoms. The van der Waals surface area contributed by atoms with Gasteiger partial charge in [0.1, 0.15) is 0 Å². The molecule has 2 nitrogen and oxygen atoms in total. The van der Waals surface area contributed by atoms with Gasteiger partial charge in [-0.1, -0.05) is 15.9 Å². The molecule has 0 aliphatic heterocycles. The number of carbonyl (C=O) groups excluding carboxylic acids is 1. The van der Waals surface area contributed by atoms with Crippen LogP contribution in [0.1, 0.15) is 38.7 Å². The minimum atomic E-state index is -0.388. The highest BCUT2D eigenvalue weighted by molar-refractivity contribution is 9.10. The van der Waals surface area contributed by atoms with Gasteiger partial charge in [0.15, 0.2) is 6.29 Å². The Balaban J connectivity index is 2.78. The van der Waals surface area contributed by atoms with E-state index in [1.54, 1.807) is 0 Å². The van der Waals surface area contributed by atoms with Crippen molar-refractivity contribution in [3.05, 3.63) is 32.3 Å². The fraction of sp³-hybridized carbons (Fsp3) is 0.364. The second-order valence-corrected chi connectivity index (χ2v) is 4.50. The zero-order chi connectivity index (χ0) is 10.5. The van der Waals surface area contributed by atoms with Gasteiger partial charge in [0.05, 0.1) is 6.10 Å². The van der Waals surface area contributed by atoms with Crippen molar-refractivity contribution >= 4 is 22.2 Å². The summed E-state index contributed by atoms with van der Waals surface area (Å²) < 4.78 is 0.942. The maximum absolute atomic E-state index is 10.9. The lowest BCUT2D eigenvalue weighted by atomic mass is 9.78. The Hall–Kier alpha value is -0.670. The number of rotatable bonds is 1. The molecule has 0 spiro atoms. The largest absolute Gasteiger partial charge is 0.388 e. The third-order valence-electron chi connectivity index (χ3n) is 2.97. The molecule has 1 aromatic rings. The van der Waals surface area contributed by atoms with Gasteiger partial charge < -0.3 is 5.11 Å². The summed E-state index contributed by atoms with van der Waals surface area (Å²) in [7, 11) is 0. The van der Waals surface area contributed by atoms with E-state index < -0.39 is 0 Å². The Morgan fingerprint density at radius 2 is 2.07 bits per heavy atom. The zero-order valence-corrected chi connectivity index (χ0v) is 9.68. The van der Waals surface area contributed by atoms with E-state index >= 15 is 0 Å². The third-order valence-corrected chi connectivity index (χ3v) is 4.15. The van der Waals surface area contributed by atoms with Crippen LogP contribution >= 0.6 is 15.9 Å². The van der Waals surface area contributed by atoms with Gasteiger partial charge >= 0.3 is 0 Å². The summed E-state index contributed by atoms with van der Waals surface area (Å²) in [6.45, 7) is 3.89. The Labute approximate surface area is 91.1 Å². The highest BCUT2D eigenvalue weighted by Crippen LogP contribution is 2.42. The average molecular weight is 255 g/mol. The number of aldehydes is 1. The third kappa shape index (κ3) is 1.09. The lowest BCUT2D eigenvalue weighted by Gasteiger charge is -2.31. The molecule has 0 amide bonds. The van der Waals surface area contributed by atoms with E-state index in [9.17, 15) is 9.90 Å². The Morgan fingerprint density at radius 3 is 2.57 bits per heavy atom. The summed E-state index contributed by atoms with van der Waals surface area (Å²) in [4.78, 5) is 10.9. The molecule has 3 heteroatoms. The molecule has 0 saturated heterocycles. The highest BCUT2D eigenvalue weighted by atomic mass is 79.9. The molecule has 0 fully saturated rings. The fourth-order valence-electron chi connectivity index (χ4n) is 2.11. The smallest absolute Gasteiger partial charge is 0.150 e. The molecule has 1 unspecified atom stereocenters. The normalized spacial score (nSPS) is 18.7. The van der Waals surface area contributed by atoms with E-state index in [1.165, 1.54) is 0 Å². The minimum absolute atomic E-state index is 0.388. The molecular formula is C11H11BrO2. The van der Waals surface area contributed by atoms with Crippen LogP contribution in [-0.4, -0.2) is 11.4 Å². The first-order valence-corrected chi connectivity index (χ1v) is 5.32. The van der Waals surface area contributed by atoms with E-state index in [0.717, 1.165) is 38.6 Å². The topological polar surface area (TPSA) is 37.3 Å². The van der Waals surface area contributed by atoms with Gasteiger partial charge in [-0.25, -0.2) is 0 Å². The van der Waals surface area contributed by atoms with Gasteiger partial charge in [0.25, 0.3) is 0 Å². The second kappa shape index (κ2) is 3.17. The number of carbonyl (C=O) groups is 1. The summed E-state index contributed by atoms with van der Waals surface area (Å²) >= 11 is 3.45. The van der Waals surface area contributed by atoms with Gasteiger partial charge in [0.2, 0.25) is 0 Å². The summed E-state index contributed by atoms with van der Waals surface area (Å²) in [5.74, 6) is 0. The van der Waals surface area contributed by atoms with Crippen LogP contribution in [0.4, 0.5) is 0 Å². The van der Waals surface area contributed by atoms with E-state index in [2.05, 4.69) is 15.9 Å². The van der Waals surface area contributed by atoms with Crippen molar-refractivity contribution in [1.82, 2.24) is 0 Å². The molecule has 2 rings (SSSR count). The number of benzene rings is 1. The zero-order valence-electron chi connectivity index (χ0n) is 8.10. The standard InChI is InChI=1S/C11H11BrO2/c1-5-8(4-13)7-3-9(14)10(7)6(2)11(5)12/h4,9,14H,3H2,1-2H3. The van der Waals surface area contributed by atoms with E-state index in [4.69, 9.17) is 0 Å². The van der Waals surface area contributed by atoms with E-state index in [-0.39, 0.29) is 6.10 Å². The Kier molecular flexibility index (Phi) is 2.24. The summed E-state index contributed by atoms with van der Waals surface area (Å²) in [5.41, 5.74) is 4.73. The first-order valence-electron chi connectivity index (χ1n) is 4.52. The number of hydrogen-bond acceptors (Lipinski definition) is 2. The van der Waals surface area contributed by atoms with Crippen LogP contribution in [0.15, 0.2) is 4.47 Å². The van der Waals surface area contributed by atoms with Crippen LogP contribution < -0.4 is 0 Å². The van der Waals surface area contributed by atoms with Crippen LogP contribution in [0.3, 0.4) is 0 Å². The molecule has 74 valence electrons. The molecule has 1 N–H and O–H groups in total. The Bertz CT molecular complexity index is 424. The Morgan fingerprint density at radius 1 is 1.43 bits per heavy atom. The first kappa shape index (κ1) is 9.87. The number of aliphatic hydroxyl groups is 1. The number of hydrogen-bond donors (Lipinski definition) is 1. The molecule has 1 atom stereocenters. The van der Waals surface area contributed by atoms with Gasteiger partial charge in [-0.2, -0.15) is 0 Å². The van der Waals surface area contributed by atoms with Crippen molar-refractivity contribution in [2.45, 2.75) is 26.4 Å². The molecule has 0 heterocycles.